The number of rotatable bonds is 5. The van der Waals surface area contributed by atoms with E-state index in [4.69, 9.17) is 0 Å². The summed E-state index contributed by atoms with van der Waals surface area (Å²) in [5, 5.41) is 3.25. The zero-order chi connectivity index (χ0) is 15.1. The Morgan fingerprint density at radius 3 is 2.43 bits per heavy atom. The topological polar surface area (TPSA) is 12.0 Å². The quantitative estimate of drug-likeness (QED) is 0.737. The molecule has 0 saturated heterocycles. The van der Waals surface area contributed by atoms with E-state index < -0.39 is 0 Å². The minimum absolute atomic E-state index is 0.921. The van der Waals surface area contributed by atoms with E-state index in [2.05, 4.69) is 85.9 Å². The summed E-state index contributed by atoms with van der Waals surface area (Å²) in [5.74, 6) is 0. The first-order valence-electron chi connectivity index (χ1n) is 7.40. The Kier molecular flexibility index (Phi) is 5.39. The predicted molar refractivity (Wildman–Crippen MR) is 93.7 cm³/mol. The van der Waals surface area contributed by atoms with Crippen molar-refractivity contribution < 1.29 is 0 Å². The van der Waals surface area contributed by atoms with Crippen molar-refractivity contribution in [1.82, 2.24) is 0 Å². The highest BCUT2D eigenvalue weighted by molar-refractivity contribution is 5.74. The SMILES string of the molecule is C/C=C\C(=C/Cc1ccccc1NC)c1ccc(C)cc1. The third-order valence-corrected chi connectivity index (χ3v) is 3.56. The Labute approximate surface area is 128 Å². The van der Waals surface area contributed by atoms with E-state index in [1.165, 1.54) is 28.0 Å². The fraction of sp³-hybridized carbons (Fsp3) is 0.200. The summed E-state index contributed by atoms with van der Waals surface area (Å²) in [4.78, 5) is 0. The van der Waals surface area contributed by atoms with Crippen LogP contribution < -0.4 is 5.32 Å². The van der Waals surface area contributed by atoms with Crippen LogP contribution in [0, 0.1) is 6.92 Å². The van der Waals surface area contributed by atoms with Gasteiger partial charge < -0.3 is 5.32 Å². The minimum Gasteiger partial charge on any atom is -0.388 e. The molecule has 2 aromatic rings. The van der Waals surface area contributed by atoms with Gasteiger partial charge in [-0.25, -0.2) is 0 Å². The lowest BCUT2D eigenvalue weighted by atomic mass is 10.0. The van der Waals surface area contributed by atoms with Crippen molar-refractivity contribution in [3.05, 3.63) is 83.4 Å². The molecule has 0 spiro atoms. The first-order chi connectivity index (χ1) is 10.2. The fourth-order valence-electron chi connectivity index (χ4n) is 2.37. The normalized spacial score (nSPS) is 11.9. The molecule has 1 N–H and O–H groups in total. The van der Waals surface area contributed by atoms with E-state index >= 15 is 0 Å². The maximum atomic E-state index is 3.25. The molecule has 0 bridgehead atoms. The standard InChI is InChI=1S/C20H23N/c1-4-7-17(18-12-10-16(2)11-13-18)14-15-19-8-5-6-9-20(19)21-3/h4-14,21H,15H2,1-3H3/b7-4-,17-14+. The molecule has 0 saturated carbocycles. The van der Waals surface area contributed by atoms with Gasteiger partial charge in [0.1, 0.15) is 0 Å². The molecular formula is C20H23N. The molecule has 21 heavy (non-hydrogen) atoms. The van der Waals surface area contributed by atoms with Gasteiger partial charge in [-0.05, 0) is 43.0 Å². The van der Waals surface area contributed by atoms with Gasteiger partial charge in [0.2, 0.25) is 0 Å². The van der Waals surface area contributed by atoms with Gasteiger partial charge in [0.15, 0.2) is 0 Å². The summed E-state index contributed by atoms with van der Waals surface area (Å²) in [5.41, 5.74) is 6.33. The maximum absolute atomic E-state index is 3.25. The van der Waals surface area contributed by atoms with Crippen LogP contribution in [0.2, 0.25) is 0 Å². The summed E-state index contributed by atoms with van der Waals surface area (Å²) < 4.78 is 0. The average Bonchev–Trinajstić information content (AvgIpc) is 2.52. The van der Waals surface area contributed by atoms with Crippen LogP contribution in [-0.4, -0.2) is 7.05 Å². The van der Waals surface area contributed by atoms with Crippen molar-refractivity contribution >= 4 is 11.3 Å². The molecule has 0 amide bonds. The summed E-state index contributed by atoms with van der Waals surface area (Å²) in [6.07, 6.45) is 7.48. The molecule has 0 aliphatic carbocycles. The van der Waals surface area contributed by atoms with Gasteiger partial charge in [0.05, 0.1) is 0 Å². The van der Waals surface area contributed by atoms with Crippen LogP contribution >= 0.6 is 0 Å². The Morgan fingerprint density at radius 2 is 1.76 bits per heavy atom. The lowest BCUT2D eigenvalue weighted by Gasteiger charge is -2.08. The van der Waals surface area contributed by atoms with Crippen LogP contribution in [0.5, 0.6) is 0 Å². The molecule has 0 radical (unpaired) electrons. The first-order valence-corrected chi connectivity index (χ1v) is 7.40. The van der Waals surface area contributed by atoms with Crippen LogP contribution in [0.1, 0.15) is 23.6 Å². The summed E-state index contributed by atoms with van der Waals surface area (Å²) >= 11 is 0. The Balaban J connectivity index is 2.28. The molecule has 1 heteroatoms. The molecule has 0 atom stereocenters. The van der Waals surface area contributed by atoms with Gasteiger partial charge in [0.25, 0.3) is 0 Å². The predicted octanol–water partition coefficient (Wildman–Crippen LogP) is 5.24. The lowest BCUT2D eigenvalue weighted by molar-refractivity contribution is 1.26. The summed E-state index contributed by atoms with van der Waals surface area (Å²) in [7, 11) is 1.97. The fourth-order valence-corrected chi connectivity index (χ4v) is 2.37. The van der Waals surface area contributed by atoms with E-state index in [0.29, 0.717) is 0 Å². The minimum atomic E-state index is 0.921. The maximum Gasteiger partial charge on any atom is 0.0373 e. The van der Waals surface area contributed by atoms with Crippen molar-refractivity contribution in [2.75, 3.05) is 12.4 Å². The highest BCUT2D eigenvalue weighted by atomic mass is 14.8. The third-order valence-electron chi connectivity index (χ3n) is 3.56. The van der Waals surface area contributed by atoms with Crippen LogP contribution in [-0.2, 0) is 6.42 Å². The van der Waals surface area contributed by atoms with Crippen molar-refractivity contribution in [1.29, 1.82) is 0 Å². The van der Waals surface area contributed by atoms with Crippen molar-refractivity contribution in [2.45, 2.75) is 20.3 Å². The second-order valence-electron chi connectivity index (χ2n) is 5.14. The molecular weight excluding hydrogens is 254 g/mol. The van der Waals surface area contributed by atoms with Gasteiger partial charge in [-0.15, -0.1) is 0 Å². The van der Waals surface area contributed by atoms with E-state index in [1.54, 1.807) is 0 Å². The zero-order valence-electron chi connectivity index (χ0n) is 13.1. The number of aryl methyl sites for hydroxylation is 1. The van der Waals surface area contributed by atoms with Crippen molar-refractivity contribution in [3.63, 3.8) is 0 Å². The second-order valence-corrected chi connectivity index (χ2v) is 5.14. The van der Waals surface area contributed by atoms with E-state index in [1.807, 2.05) is 7.05 Å². The highest BCUT2D eigenvalue weighted by Gasteiger charge is 2.01. The highest BCUT2D eigenvalue weighted by Crippen LogP contribution is 2.20. The molecule has 2 aromatic carbocycles. The lowest BCUT2D eigenvalue weighted by Crippen LogP contribution is -1.94. The zero-order valence-corrected chi connectivity index (χ0v) is 13.1. The Morgan fingerprint density at radius 1 is 1.05 bits per heavy atom. The van der Waals surface area contributed by atoms with Crippen LogP contribution in [0.3, 0.4) is 0 Å². The van der Waals surface area contributed by atoms with Gasteiger partial charge in [0, 0.05) is 12.7 Å². The average molecular weight is 277 g/mol. The van der Waals surface area contributed by atoms with Gasteiger partial charge >= 0.3 is 0 Å². The van der Waals surface area contributed by atoms with Crippen molar-refractivity contribution in [3.8, 4) is 0 Å². The third kappa shape index (κ3) is 4.09. The number of benzene rings is 2. The monoisotopic (exact) mass is 277 g/mol. The van der Waals surface area contributed by atoms with Crippen molar-refractivity contribution in [2.24, 2.45) is 0 Å². The van der Waals surface area contributed by atoms with Crippen LogP contribution in [0.15, 0.2) is 66.8 Å². The van der Waals surface area contributed by atoms with E-state index in [-0.39, 0.29) is 0 Å². The molecule has 0 aromatic heterocycles. The number of hydrogen-bond acceptors (Lipinski definition) is 1. The molecule has 108 valence electrons. The molecule has 0 aliphatic rings. The largest absolute Gasteiger partial charge is 0.388 e. The molecule has 0 unspecified atom stereocenters. The second kappa shape index (κ2) is 7.49. The molecule has 2 rings (SSSR count). The molecule has 0 heterocycles. The summed E-state index contributed by atoms with van der Waals surface area (Å²) in [6.45, 7) is 4.18. The van der Waals surface area contributed by atoms with Crippen LogP contribution in [0.25, 0.3) is 5.57 Å². The number of allylic oxidation sites excluding steroid dienone is 4. The van der Waals surface area contributed by atoms with Crippen LogP contribution in [0.4, 0.5) is 5.69 Å². The van der Waals surface area contributed by atoms with E-state index in [9.17, 15) is 0 Å². The van der Waals surface area contributed by atoms with Gasteiger partial charge in [-0.3, -0.25) is 0 Å². The summed E-state index contributed by atoms with van der Waals surface area (Å²) in [6, 6.07) is 17.1. The number of para-hydroxylation sites is 1. The Bertz CT molecular complexity index is 633. The van der Waals surface area contributed by atoms with E-state index in [0.717, 1.165) is 6.42 Å². The smallest absolute Gasteiger partial charge is 0.0373 e. The van der Waals surface area contributed by atoms with Gasteiger partial charge in [-0.1, -0.05) is 66.3 Å². The first kappa shape index (κ1) is 15.1. The molecule has 0 fully saturated rings. The molecule has 0 aliphatic heterocycles. The molecule has 1 nitrogen and oxygen atoms in total. The number of hydrogen-bond donors (Lipinski definition) is 1. The number of anilines is 1. The Hall–Kier alpha value is -2.28. The van der Waals surface area contributed by atoms with Gasteiger partial charge in [-0.2, -0.15) is 0 Å². The number of nitrogens with one attached hydrogen (secondary N) is 1.